The summed E-state index contributed by atoms with van der Waals surface area (Å²) in [5.74, 6) is 0. The average Bonchev–Trinajstić information content (AvgIpc) is 2.54. The van der Waals surface area contributed by atoms with Gasteiger partial charge < -0.3 is 0 Å². The van der Waals surface area contributed by atoms with Crippen molar-refractivity contribution in [3.05, 3.63) is 47.5 Å². The Balaban J connectivity index is 0. The first kappa shape index (κ1) is 21.6. The molecule has 2 aromatic heterocycles. The molecule has 0 radical (unpaired) electrons. The minimum absolute atomic E-state index is 0.642. The number of alkyl halides is 1. The predicted molar refractivity (Wildman–Crippen MR) is 99.9 cm³/mol. The number of nitrogens with zero attached hydrogens (tertiary/aromatic N) is 2. The smallest absolute Gasteiger partial charge is 0.0595 e. The highest BCUT2D eigenvalue weighted by Crippen LogP contribution is 2.20. The fraction of sp³-hybridized carbons (Fsp3) is 0.375. The predicted octanol–water partition coefficient (Wildman–Crippen LogP) is 6.21. The Bertz CT molecular complexity index is 444. The summed E-state index contributed by atoms with van der Waals surface area (Å²) >= 11 is 7.99. The molecular formula is C16H24ClIN2. The molecule has 2 heterocycles. The second kappa shape index (κ2) is 14.7. The molecule has 0 aliphatic heterocycles. The molecule has 112 valence electrons. The van der Waals surface area contributed by atoms with Gasteiger partial charge in [0, 0.05) is 35.4 Å². The maximum Gasteiger partial charge on any atom is 0.0595 e. The molecule has 0 bridgehead atoms. The van der Waals surface area contributed by atoms with Crippen LogP contribution in [0.25, 0.3) is 11.1 Å². The van der Waals surface area contributed by atoms with Crippen molar-refractivity contribution >= 4 is 34.2 Å². The number of hydrogen-bond acceptors (Lipinski definition) is 2. The minimum Gasteiger partial charge on any atom is -0.263 e. The van der Waals surface area contributed by atoms with Gasteiger partial charge in [0.2, 0.25) is 0 Å². The summed E-state index contributed by atoms with van der Waals surface area (Å²) in [6.07, 6.45) is 5.22. The zero-order chi connectivity index (χ0) is 16.0. The summed E-state index contributed by atoms with van der Waals surface area (Å²) in [5.41, 5.74) is 3.03. The third kappa shape index (κ3) is 8.48. The van der Waals surface area contributed by atoms with Gasteiger partial charge in [-0.2, -0.15) is 0 Å². The lowest BCUT2D eigenvalue weighted by molar-refractivity contribution is 1.20. The lowest BCUT2D eigenvalue weighted by Crippen LogP contribution is -1.83. The molecule has 0 unspecified atom stereocenters. The first-order valence-electron chi connectivity index (χ1n) is 6.67. The van der Waals surface area contributed by atoms with Crippen LogP contribution in [0.15, 0.2) is 36.8 Å². The number of halogens is 2. The molecule has 0 fully saturated rings. The summed E-state index contributed by atoms with van der Waals surface area (Å²) in [5, 5.41) is 0.642. The zero-order valence-electron chi connectivity index (χ0n) is 13.1. The second-order valence-corrected chi connectivity index (χ2v) is 3.52. The van der Waals surface area contributed by atoms with Gasteiger partial charge in [-0.3, -0.25) is 9.97 Å². The molecule has 2 rings (SSSR count). The molecule has 0 aromatic carbocycles. The van der Waals surface area contributed by atoms with Crippen molar-refractivity contribution in [3.63, 3.8) is 0 Å². The summed E-state index contributed by atoms with van der Waals surface area (Å²) in [6, 6.07) is 5.85. The quantitative estimate of drug-likeness (QED) is 0.415. The topological polar surface area (TPSA) is 25.8 Å². The maximum absolute atomic E-state index is 5.84. The molecule has 0 spiro atoms. The molecule has 4 heteroatoms. The Kier molecular flexibility index (Phi) is 15.9. The van der Waals surface area contributed by atoms with Gasteiger partial charge in [0.05, 0.1) is 5.02 Å². The van der Waals surface area contributed by atoms with Crippen molar-refractivity contribution in [3.8, 4) is 11.1 Å². The van der Waals surface area contributed by atoms with Crippen LogP contribution in [0.2, 0.25) is 5.02 Å². The highest BCUT2D eigenvalue weighted by atomic mass is 127. The van der Waals surface area contributed by atoms with Crippen LogP contribution in [0.1, 0.15) is 33.4 Å². The van der Waals surface area contributed by atoms with Crippen LogP contribution in [-0.4, -0.2) is 14.9 Å². The maximum atomic E-state index is 5.84. The highest BCUT2D eigenvalue weighted by Gasteiger charge is 1.98. The van der Waals surface area contributed by atoms with Crippen LogP contribution in [0, 0.1) is 6.92 Å². The number of aromatic nitrogens is 2. The summed E-state index contributed by atoms with van der Waals surface area (Å²) in [6.45, 7) is 9.96. The van der Waals surface area contributed by atoms with E-state index in [1.807, 2.05) is 63.9 Å². The van der Waals surface area contributed by atoms with E-state index in [0.29, 0.717) is 5.02 Å². The molecule has 0 N–H and O–H groups in total. The number of rotatable bonds is 1. The molecular weight excluding hydrogens is 383 g/mol. The minimum atomic E-state index is 0.642. The lowest BCUT2D eigenvalue weighted by Gasteiger charge is -2.00. The first-order chi connectivity index (χ1) is 9.75. The van der Waals surface area contributed by atoms with E-state index >= 15 is 0 Å². The van der Waals surface area contributed by atoms with Gasteiger partial charge >= 0.3 is 0 Å². The van der Waals surface area contributed by atoms with E-state index in [0.717, 1.165) is 16.8 Å². The Morgan fingerprint density at radius 3 is 1.95 bits per heavy atom. The van der Waals surface area contributed by atoms with Gasteiger partial charge in [0.15, 0.2) is 0 Å². The van der Waals surface area contributed by atoms with Crippen LogP contribution < -0.4 is 0 Å². The van der Waals surface area contributed by atoms with E-state index in [4.69, 9.17) is 11.6 Å². The van der Waals surface area contributed by atoms with Crippen LogP contribution in [0.4, 0.5) is 0 Å². The van der Waals surface area contributed by atoms with Crippen LogP contribution in [0.5, 0.6) is 0 Å². The van der Waals surface area contributed by atoms with Gasteiger partial charge in [-0.05, 0) is 24.0 Å². The van der Waals surface area contributed by atoms with Crippen molar-refractivity contribution in [2.24, 2.45) is 0 Å². The third-order valence-corrected chi connectivity index (χ3v) is 2.16. The average molecular weight is 407 g/mol. The molecule has 0 aliphatic carbocycles. The monoisotopic (exact) mass is 406 g/mol. The fourth-order valence-corrected chi connectivity index (χ4v) is 1.38. The summed E-state index contributed by atoms with van der Waals surface area (Å²) in [4.78, 5) is 10.2. The van der Waals surface area contributed by atoms with E-state index < -0.39 is 0 Å². The van der Waals surface area contributed by atoms with E-state index in [1.165, 1.54) is 0 Å². The zero-order valence-corrected chi connectivity index (χ0v) is 16.0. The first-order valence-corrected chi connectivity index (χ1v) is 9.20. The number of aryl methyl sites for hydroxylation is 1. The van der Waals surface area contributed by atoms with Gasteiger partial charge in [-0.15, -0.1) is 0 Å². The largest absolute Gasteiger partial charge is 0.263 e. The van der Waals surface area contributed by atoms with Gasteiger partial charge in [0.25, 0.3) is 0 Å². The third-order valence-electron chi connectivity index (χ3n) is 1.95. The van der Waals surface area contributed by atoms with Crippen molar-refractivity contribution in [1.82, 2.24) is 9.97 Å². The van der Waals surface area contributed by atoms with E-state index in [9.17, 15) is 0 Å². The lowest BCUT2D eigenvalue weighted by atomic mass is 10.1. The Hall–Kier alpha value is -0.680. The van der Waals surface area contributed by atoms with Gasteiger partial charge in [-0.1, -0.05) is 68.0 Å². The highest BCUT2D eigenvalue weighted by molar-refractivity contribution is 14.1. The SMILES string of the molecule is CC.CC.CI.Cc1ccc(-c2cncc(Cl)c2)cn1. The van der Waals surface area contributed by atoms with Crippen LogP contribution in [0.3, 0.4) is 0 Å². The van der Waals surface area contributed by atoms with Crippen molar-refractivity contribution in [1.29, 1.82) is 0 Å². The standard InChI is InChI=1S/C11H9ClN2.2C2H6.CH3I/c1-8-2-3-9(6-14-8)10-4-11(12)7-13-5-10;3*1-2/h2-7H,1H3;2*1-2H3;1H3. The molecule has 20 heavy (non-hydrogen) atoms. The molecule has 0 saturated heterocycles. The van der Waals surface area contributed by atoms with Crippen molar-refractivity contribution in [2.45, 2.75) is 34.6 Å². The second-order valence-electron chi connectivity index (χ2n) is 3.08. The van der Waals surface area contributed by atoms with Crippen molar-refractivity contribution in [2.75, 3.05) is 4.93 Å². The van der Waals surface area contributed by atoms with E-state index in [-0.39, 0.29) is 0 Å². The Morgan fingerprint density at radius 2 is 1.50 bits per heavy atom. The summed E-state index contributed by atoms with van der Waals surface area (Å²) in [7, 11) is 0. The van der Waals surface area contributed by atoms with E-state index in [2.05, 4.69) is 32.6 Å². The van der Waals surface area contributed by atoms with Gasteiger partial charge in [-0.25, -0.2) is 0 Å². The van der Waals surface area contributed by atoms with Crippen LogP contribution in [-0.2, 0) is 0 Å². The Morgan fingerprint density at radius 1 is 0.900 bits per heavy atom. The van der Waals surface area contributed by atoms with Crippen molar-refractivity contribution < 1.29 is 0 Å². The molecule has 0 aliphatic rings. The number of hydrogen-bond donors (Lipinski definition) is 0. The summed E-state index contributed by atoms with van der Waals surface area (Å²) < 4.78 is 0. The van der Waals surface area contributed by atoms with Crippen LogP contribution >= 0.6 is 34.2 Å². The molecule has 2 aromatic rings. The number of pyridine rings is 2. The van der Waals surface area contributed by atoms with E-state index in [1.54, 1.807) is 12.4 Å². The normalized spacial score (nSPS) is 8.00. The Labute approximate surface area is 142 Å². The molecule has 0 amide bonds. The molecule has 0 atom stereocenters. The fourth-order valence-electron chi connectivity index (χ4n) is 1.21. The molecule has 2 nitrogen and oxygen atoms in total. The molecule has 0 saturated carbocycles. The van der Waals surface area contributed by atoms with Gasteiger partial charge in [0.1, 0.15) is 0 Å².